The topological polar surface area (TPSA) is 65.9 Å². The standard InChI is InChI=1S/C25H30N4O2/c1-25(2,15-24-28-20-10-4-5-12-23(20)31-24)27-16-22(30)21-11-7-13-29(21)17-18-8-6-9-19(14-18)26-3/h4-6,8-10,12,14,21-22,27,30H,7,11,13,15-17H2,1-2H3/t21-,22-/m1/s1. The molecule has 0 saturated carbocycles. The molecule has 1 saturated heterocycles. The average Bonchev–Trinajstić information content (AvgIpc) is 3.38. The number of para-hydroxylation sites is 2. The van der Waals surface area contributed by atoms with E-state index in [1.54, 1.807) is 0 Å². The van der Waals surface area contributed by atoms with Crippen LogP contribution in [0.3, 0.4) is 0 Å². The van der Waals surface area contributed by atoms with Crippen molar-refractivity contribution in [2.75, 3.05) is 13.1 Å². The van der Waals surface area contributed by atoms with Gasteiger partial charge in [-0.2, -0.15) is 0 Å². The van der Waals surface area contributed by atoms with Gasteiger partial charge in [-0.1, -0.05) is 36.4 Å². The highest BCUT2D eigenvalue weighted by Gasteiger charge is 2.32. The zero-order valence-electron chi connectivity index (χ0n) is 18.2. The van der Waals surface area contributed by atoms with Crippen molar-refractivity contribution in [3.8, 4) is 0 Å². The molecule has 2 N–H and O–H groups in total. The van der Waals surface area contributed by atoms with Crippen molar-refractivity contribution >= 4 is 16.8 Å². The predicted octanol–water partition coefficient (Wildman–Crippen LogP) is 4.31. The van der Waals surface area contributed by atoms with Crippen LogP contribution in [0, 0.1) is 6.57 Å². The van der Waals surface area contributed by atoms with Crippen LogP contribution in [0.2, 0.25) is 0 Å². The number of aromatic nitrogens is 1. The van der Waals surface area contributed by atoms with Gasteiger partial charge in [-0.05, 0) is 50.9 Å². The first-order valence-electron chi connectivity index (χ1n) is 10.9. The third-order valence-electron chi connectivity index (χ3n) is 6.00. The van der Waals surface area contributed by atoms with E-state index in [9.17, 15) is 5.11 Å². The Bertz CT molecular complexity index is 1040. The Balaban J connectivity index is 1.34. The van der Waals surface area contributed by atoms with Crippen molar-refractivity contribution in [3.05, 3.63) is 71.4 Å². The minimum Gasteiger partial charge on any atom is -0.441 e. The van der Waals surface area contributed by atoms with E-state index in [1.165, 1.54) is 0 Å². The molecule has 2 atom stereocenters. The molecule has 0 amide bonds. The van der Waals surface area contributed by atoms with Crippen molar-refractivity contribution in [1.82, 2.24) is 15.2 Å². The molecule has 3 aromatic rings. The van der Waals surface area contributed by atoms with Crippen molar-refractivity contribution < 1.29 is 9.52 Å². The highest BCUT2D eigenvalue weighted by molar-refractivity contribution is 5.72. The van der Waals surface area contributed by atoms with Crippen LogP contribution in [0.15, 0.2) is 52.9 Å². The summed E-state index contributed by atoms with van der Waals surface area (Å²) in [6.45, 7) is 13.7. The summed E-state index contributed by atoms with van der Waals surface area (Å²) >= 11 is 0. The molecule has 1 aliphatic rings. The first-order valence-corrected chi connectivity index (χ1v) is 10.9. The molecule has 1 fully saturated rings. The molecule has 1 aromatic heterocycles. The van der Waals surface area contributed by atoms with Gasteiger partial charge < -0.3 is 14.8 Å². The number of oxazole rings is 1. The smallest absolute Gasteiger partial charge is 0.197 e. The van der Waals surface area contributed by atoms with Gasteiger partial charge in [0.05, 0.1) is 12.7 Å². The molecule has 0 radical (unpaired) electrons. The number of nitrogens with one attached hydrogen (secondary N) is 1. The number of likely N-dealkylation sites (tertiary alicyclic amines) is 1. The number of benzene rings is 2. The second kappa shape index (κ2) is 9.19. The highest BCUT2D eigenvalue weighted by atomic mass is 16.3. The van der Waals surface area contributed by atoms with E-state index in [1.807, 2.05) is 42.5 Å². The number of rotatable bonds is 8. The predicted molar refractivity (Wildman–Crippen MR) is 122 cm³/mol. The summed E-state index contributed by atoms with van der Waals surface area (Å²) in [5, 5.41) is 14.5. The largest absolute Gasteiger partial charge is 0.441 e. The van der Waals surface area contributed by atoms with E-state index in [4.69, 9.17) is 11.0 Å². The molecule has 162 valence electrons. The zero-order valence-corrected chi connectivity index (χ0v) is 18.2. The number of nitrogens with zero attached hydrogens (tertiary/aromatic N) is 3. The number of β-amino-alcohol motifs (C(OH)–C–C–N with tert-alkyl or cyclic N) is 1. The van der Waals surface area contributed by atoms with Crippen LogP contribution in [0.1, 0.15) is 38.1 Å². The summed E-state index contributed by atoms with van der Waals surface area (Å²) in [6.07, 6.45) is 2.24. The Morgan fingerprint density at radius 2 is 2.13 bits per heavy atom. The highest BCUT2D eigenvalue weighted by Crippen LogP contribution is 2.25. The van der Waals surface area contributed by atoms with Crippen molar-refractivity contribution in [2.24, 2.45) is 0 Å². The quantitative estimate of drug-likeness (QED) is 0.534. The molecule has 4 rings (SSSR count). The van der Waals surface area contributed by atoms with E-state index in [2.05, 4.69) is 40.0 Å². The molecule has 0 aliphatic carbocycles. The molecular weight excluding hydrogens is 388 g/mol. The van der Waals surface area contributed by atoms with E-state index in [-0.39, 0.29) is 11.6 Å². The summed E-state index contributed by atoms with van der Waals surface area (Å²) in [5.41, 5.74) is 3.21. The van der Waals surface area contributed by atoms with Gasteiger partial charge in [0.25, 0.3) is 0 Å². The van der Waals surface area contributed by atoms with Gasteiger partial charge in [-0.15, -0.1) is 0 Å². The van der Waals surface area contributed by atoms with Crippen molar-refractivity contribution in [3.63, 3.8) is 0 Å². The fourth-order valence-electron chi connectivity index (χ4n) is 4.40. The maximum absolute atomic E-state index is 11.0. The van der Waals surface area contributed by atoms with E-state index in [0.717, 1.165) is 42.6 Å². The molecular formula is C25H30N4O2. The average molecular weight is 419 g/mol. The lowest BCUT2D eigenvalue weighted by Gasteiger charge is -2.32. The van der Waals surface area contributed by atoms with Crippen molar-refractivity contribution in [2.45, 2.75) is 57.3 Å². The first kappa shape index (κ1) is 21.5. The Hall–Kier alpha value is -2.72. The van der Waals surface area contributed by atoms with Gasteiger partial charge in [0.2, 0.25) is 0 Å². The van der Waals surface area contributed by atoms with Crippen LogP contribution in [0.25, 0.3) is 15.9 Å². The van der Waals surface area contributed by atoms with Crippen LogP contribution in [0.5, 0.6) is 0 Å². The monoisotopic (exact) mass is 418 g/mol. The minimum atomic E-state index is -0.463. The number of aliphatic hydroxyl groups is 1. The third-order valence-corrected chi connectivity index (χ3v) is 6.00. The second-order valence-electron chi connectivity index (χ2n) is 9.05. The number of aliphatic hydroxyl groups excluding tert-OH is 1. The van der Waals surface area contributed by atoms with Gasteiger partial charge in [-0.25, -0.2) is 9.83 Å². The van der Waals surface area contributed by atoms with Crippen LogP contribution < -0.4 is 5.32 Å². The molecule has 2 heterocycles. The molecule has 0 unspecified atom stereocenters. The molecule has 0 spiro atoms. The second-order valence-corrected chi connectivity index (χ2v) is 9.05. The third kappa shape index (κ3) is 5.31. The molecule has 31 heavy (non-hydrogen) atoms. The SMILES string of the molecule is [C-]#[N+]c1cccc(CN2CCC[C@@H]2[C@H](O)CNC(C)(C)Cc2nc3ccccc3o2)c1. The van der Waals surface area contributed by atoms with Crippen molar-refractivity contribution in [1.29, 1.82) is 0 Å². The summed E-state index contributed by atoms with van der Waals surface area (Å²) in [7, 11) is 0. The van der Waals surface area contributed by atoms with Gasteiger partial charge in [0.1, 0.15) is 5.52 Å². The Labute approximate surface area is 183 Å². The fourth-order valence-corrected chi connectivity index (χ4v) is 4.40. The normalized spacial score (nSPS) is 18.3. The van der Waals surface area contributed by atoms with Crippen LogP contribution >= 0.6 is 0 Å². The number of fused-ring (bicyclic) bond motifs is 1. The lowest BCUT2D eigenvalue weighted by Crippen LogP contribution is -2.50. The molecule has 1 aliphatic heterocycles. The van der Waals surface area contributed by atoms with Crippen LogP contribution in [-0.2, 0) is 13.0 Å². The van der Waals surface area contributed by atoms with Gasteiger partial charge in [0, 0.05) is 31.1 Å². The van der Waals surface area contributed by atoms with Gasteiger partial charge >= 0.3 is 0 Å². The molecule has 6 heteroatoms. The van der Waals surface area contributed by atoms with E-state index in [0.29, 0.717) is 24.5 Å². The van der Waals surface area contributed by atoms with Gasteiger partial charge in [-0.3, -0.25) is 4.90 Å². The summed E-state index contributed by atoms with van der Waals surface area (Å²) in [4.78, 5) is 10.4. The number of hydrogen-bond acceptors (Lipinski definition) is 5. The minimum absolute atomic E-state index is 0.115. The van der Waals surface area contributed by atoms with Crippen LogP contribution in [-0.4, -0.2) is 45.8 Å². The Kier molecular flexibility index (Phi) is 6.38. The van der Waals surface area contributed by atoms with Crippen LogP contribution in [0.4, 0.5) is 5.69 Å². The fraction of sp³-hybridized carbons (Fsp3) is 0.440. The van der Waals surface area contributed by atoms with Gasteiger partial charge in [0.15, 0.2) is 17.2 Å². The molecule has 2 aromatic carbocycles. The number of hydrogen-bond donors (Lipinski definition) is 2. The lowest BCUT2D eigenvalue weighted by atomic mass is 9.99. The summed E-state index contributed by atoms with van der Waals surface area (Å²) in [6, 6.07) is 15.7. The lowest BCUT2D eigenvalue weighted by molar-refractivity contribution is 0.0630. The Morgan fingerprint density at radius 1 is 1.29 bits per heavy atom. The zero-order chi connectivity index (χ0) is 21.8. The summed E-state index contributed by atoms with van der Waals surface area (Å²) < 4.78 is 5.87. The maximum atomic E-state index is 11.0. The first-order chi connectivity index (χ1) is 14.9. The summed E-state index contributed by atoms with van der Waals surface area (Å²) in [5.74, 6) is 0.704. The van der Waals surface area contributed by atoms with E-state index >= 15 is 0 Å². The molecule has 0 bridgehead atoms. The van der Waals surface area contributed by atoms with E-state index < -0.39 is 6.10 Å². The maximum Gasteiger partial charge on any atom is 0.197 e. The molecule has 6 nitrogen and oxygen atoms in total. The Morgan fingerprint density at radius 3 is 2.94 bits per heavy atom.